The maximum absolute atomic E-state index is 10.7. The quantitative estimate of drug-likeness (QED) is 0.585. The number of para-hydroxylation sites is 1. The number of hydrogen-bond donors (Lipinski definition) is 1. The molecule has 0 heterocycles. The van der Waals surface area contributed by atoms with Crippen LogP contribution >= 0.6 is 0 Å². The van der Waals surface area contributed by atoms with Crippen LogP contribution in [0.5, 0.6) is 0 Å². The summed E-state index contributed by atoms with van der Waals surface area (Å²) >= 11 is 0. The third kappa shape index (κ3) is 2.09. The molecule has 0 bridgehead atoms. The first-order valence-electron chi connectivity index (χ1n) is 4.73. The second-order valence-electron chi connectivity index (χ2n) is 3.54. The van der Waals surface area contributed by atoms with Crippen LogP contribution in [-0.4, -0.2) is 11.0 Å². The van der Waals surface area contributed by atoms with Crippen LogP contribution in [0.4, 0.5) is 5.69 Å². The first kappa shape index (κ1) is 9.15. The Hall–Kier alpha value is -1.42. The molecule has 1 aromatic rings. The van der Waals surface area contributed by atoms with Crippen molar-refractivity contribution in [1.82, 2.24) is 5.32 Å². The summed E-state index contributed by atoms with van der Waals surface area (Å²) in [5.41, 5.74) is 0.977. The Kier molecular flexibility index (Phi) is 2.45. The van der Waals surface area contributed by atoms with Crippen LogP contribution in [0.3, 0.4) is 0 Å². The molecule has 0 radical (unpaired) electrons. The van der Waals surface area contributed by atoms with Crippen LogP contribution < -0.4 is 5.32 Å². The van der Waals surface area contributed by atoms with Gasteiger partial charge in [0.2, 0.25) is 0 Å². The average Bonchev–Trinajstić information content (AvgIpc) is 2.98. The van der Waals surface area contributed by atoms with Gasteiger partial charge in [-0.05, 0) is 12.8 Å². The molecule has 1 N–H and O–H groups in total. The van der Waals surface area contributed by atoms with Crippen molar-refractivity contribution >= 4 is 5.69 Å². The highest BCUT2D eigenvalue weighted by molar-refractivity contribution is 5.39. The standard InChI is InChI=1S/C10H12N2O2/c13-12(14)10-4-2-1-3-8(10)7-11-9-5-6-9/h1-4,9,11H,5-7H2. The Morgan fingerprint density at radius 1 is 1.43 bits per heavy atom. The largest absolute Gasteiger partial charge is 0.310 e. The second-order valence-corrected chi connectivity index (χ2v) is 3.54. The van der Waals surface area contributed by atoms with Gasteiger partial charge in [-0.3, -0.25) is 10.1 Å². The van der Waals surface area contributed by atoms with Crippen molar-refractivity contribution < 1.29 is 4.92 Å². The molecule has 0 spiro atoms. The molecule has 4 heteroatoms. The van der Waals surface area contributed by atoms with Crippen molar-refractivity contribution in [1.29, 1.82) is 0 Å². The zero-order chi connectivity index (χ0) is 9.97. The SMILES string of the molecule is O=[N+]([O-])c1ccccc1CNC1CC1. The lowest BCUT2D eigenvalue weighted by Crippen LogP contribution is -2.16. The smallest absolute Gasteiger partial charge is 0.273 e. The summed E-state index contributed by atoms with van der Waals surface area (Å²) < 4.78 is 0. The van der Waals surface area contributed by atoms with Gasteiger partial charge in [0.05, 0.1) is 4.92 Å². The topological polar surface area (TPSA) is 55.2 Å². The summed E-state index contributed by atoms with van der Waals surface area (Å²) in [7, 11) is 0. The van der Waals surface area contributed by atoms with Crippen molar-refractivity contribution in [3.63, 3.8) is 0 Å². The molecule has 0 aliphatic heterocycles. The van der Waals surface area contributed by atoms with E-state index in [4.69, 9.17) is 0 Å². The fourth-order valence-electron chi connectivity index (χ4n) is 1.38. The molecule has 1 aliphatic rings. The van der Waals surface area contributed by atoms with Crippen molar-refractivity contribution in [3.05, 3.63) is 39.9 Å². The number of nitro benzene ring substituents is 1. The van der Waals surface area contributed by atoms with E-state index < -0.39 is 0 Å². The van der Waals surface area contributed by atoms with Crippen LogP contribution in [0.2, 0.25) is 0 Å². The zero-order valence-electron chi connectivity index (χ0n) is 7.77. The number of nitro groups is 1. The van der Waals surface area contributed by atoms with Crippen LogP contribution in [-0.2, 0) is 6.54 Å². The predicted octanol–water partition coefficient (Wildman–Crippen LogP) is 1.85. The van der Waals surface area contributed by atoms with Gasteiger partial charge >= 0.3 is 0 Å². The van der Waals surface area contributed by atoms with Gasteiger partial charge in [0.1, 0.15) is 0 Å². The minimum atomic E-state index is -0.329. The van der Waals surface area contributed by atoms with Gasteiger partial charge in [-0.15, -0.1) is 0 Å². The molecule has 0 unspecified atom stereocenters. The number of hydrogen-bond acceptors (Lipinski definition) is 3. The monoisotopic (exact) mass is 192 g/mol. The lowest BCUT2D eigenvalue weighted by molar-refractivity contribution is -0.385. The highest BCUT2D eigenvalue weighted by atomic mass is 16.6. The Labute approximate surface area is 82.1 Å². The maximum Gasteiger partial charge on any atom is 0.273 e. The first-order chi connectivity index (χ1) is 6.77. The third-order valence-corrected chi connectivity index (χ3v) is 2.35. The average molecular weight is 192 g/mol. The van der Waals surface area contributed by atoms with E-state index in [1.807, 2.05) is 6.07 Å². The van der Waals surface area contributed by atoms with E-state index in [2.05, 4.69) is 5.32 Å². The van der Waals surface area contributed by atoms with Gasteiger partial charge in [0, 0.05) is 24.2 Å². The maximum atomic E-state index is 10.7. The third-order valence-electron chi connectivity index (χ3n) is 2.35. The molecule has 4 nitrogen and oxygen atoms in total. The Morgan fingerprint density at radius 2 is 2.14 bits per heavy atom. The molecule has 1 fully saturated rings. The van der Waals surface area contributed by atoms with Gasteiger partial charge in [-0.25, -0.2) is 0 Å². The van der Waals surface area contributed by atoms with Crippen LogP contribution in [0.15, 0.2) is 24.3 Å². The number of nitrogens with one attached hydrogen (secondary N) is 1. The second kappa shape index (κ2) is 3.75. The molecular formula is C10H12N2O2. The number of benzene rings is 1. The Bertz CT molecular complexity index is 348. The summed E-state index contributed by atoms with van der Waals surface area (Å²) in [6.07, 6.45) is 2.39. The highest BCUT2D eigenvalue weighted by Gasteiger charge is 2.21. The van der Waals surface area contributed by atoms with E-state index in [0.717, 1.165) is 5.56 Å². The van der Waals surface area contributed by atoms with Crippen molar-refractivity contribution in [2.75, 3.05) is 0 Å². The lowest BCUT2D eigenvalue weighted by atomic mass is 10.2. The van der Waals surface area contributed by atoms with Gasteiger partial charge in [-0.2, -0.15) is 0 Å². The van der Waals surface area contributed by atoms with E-state index in [1.54, 1.807) is 18.2 Å². The first-order valence-corrected chi connectivity index (χ1v) is 4.73. The molecule has 0 atom stereocenters. The molecule has 0 amide bonds. The summed E-state index contributed by atoms with van der Waals surface area (Å²) in [4.78, 5) is 10.3. The summed E-state index contributed by atoms with van der Waals surface area (Å²) in [5.74, 6) is 0. The van der Waals surface area contributed by atoms with Gasteiger partial charge in [0.15, 0.2) is 0 Å². The summed E-state index contributed by atoms with van der Waals surface area (Å²) in [5, 5.41) is 13.9. The summed E-state index contributed by atoms with van der Waals surface area (Å²) in [6.45, 7) is 0.599. The van der Waals surface area contributed by atoms with Crippen LogP contribution in [0, 0.1) is 10.1 Å². The molecular weight excluding hydrogens is 180 g/mol. The molecule has 74 valence electrons. The van der Waals surface area contributed by atoms with Gasteiger partial charge in [0.25, 0.3) is 5.69 Å². The van der Waals surface area contributed by atoms with Gasteiger partial charge in [-0.1, -0.05) is 18.2 Å². The van der Waals surface area contributed by atoms with Crippen molar-refractivity contribution in [2.24, 2.45) is 0 Å². The zero-order valence-corrected chi connectivity index (χ0v) is 7.77. The van der Waals surface area contributed by atoms with E-state index in [-0.39, 0.29) is 10.6 Å². The number of rotatable bonds is 4. The Balaban J connectivity index is 2.09. The van der Waals surface area contributed by atoms with E-state index >= 15 is 0 Å². The van der Waals surface area contributed by atoms with E-state index in [9.17, 15) is 10.1 Å². The van der Waals surface area contributed by atoms with E-state index in [1.165, 1.54) is 12.8 Å². The van der Waals surface area contributed by atoms with Crippen molar-refractivity contribution in [2.45, 2.75) is 25.4 Å². The molecule has 1 aromatic carbocycles. The summed E-state index contributed by atoms with van der Waals surface area (Å²) in [6, 6.07) is 7.45. The molecule has 2 rings (SSSR count). The minimum absolute atomic E-state index is 0.209. The van der Waals surface area contributed by atoms with E-state index in [0.29, 0.717) is 12.6 Å². The molecule has 14 heavy (non-hydrogen) atoms. The van der Waals surface area contributed by atoms with Gasteiger partial charge < -0.3 is 5.32 Å². The predicted molar refractivity (Wildman–Crippen MR) is 53.0 cm³/mol. The molecule has 0 aromatic heterocycles. The minimum Gasteiger partial charge on any atom is -0.310 e. The highest BCUT2D eigenvalue weighted by Crippen LogP contribution is 2.22. The lowest BCUT2D eigenvalue weighted by Gasteiger charge is -2.03. The van der Waals surface area contributed by atoms with Crippen molar-refractivity contribution in [3.8, 4) is 0 Å². The van der Waals surface area contributed by atoms with Crippen LogP contribution in [0.25, 0.3) is 0 Å². The van der Waals surface area contributed by atoms with Crippen LogP contribution in [0.1, 0.15) is 18.4 Å². The number of nitrogens with zero attached hydrogens (tertiary/aromatic N) is 1. The molecule has 1 aliphatic carbocycles. The Morgan fingerprint density at radius 3 is 2.79 bits per heavy atom. The fraction of sp³-hybridized carbons (Fsp3) is 0.400. The fourth-order valence-corrected chi connectivity index (χ4v) is 1.38. The molecule has 0 saturated heterocycles. The normalized spacial score (nSPS) is 15.4. The molecule has 1 saturated carbocycles.